The number of aliphatic hydroxyl groups excluding tert-OH is 2. The number of amides is 1. The van der Waals surface area contributed by atoms with Gasteiger partial charge in [0.25, 0.3) is 5.91 Å². The molecule has 2 aromatic carbocycles. The lowest BCUT2D eigenvalue weighted by molar-refractivity contribution is -0.306. The molecule has 0 aliphatic carbocycles. The van der Waals surface area contributed by atoms with Crippen LogP contribution >= 0.6 is 0 Å². The number of carbonyl (C=O) groups excluding carboxylic acids is 1. The number of rotatable bonds is 6. The third-order valence-electron chi connectivity index (χ3n) is 6.97. The first-order valence-electron chi connectivity index (χ1n) is 12.3. The molecule has 0 saturated carbocycles. The van der Waals surface area contributed by atoms with E-state index in [9.17, 15) is 19.8 Å². The summed E-state index contributed by atoms with van der Waals surface area (Å²) < 4.78 is 28.3. The van der Waals surface area contributed by atoms with Gasteiger partial charge in [-0.3, -0.25) is 4.79 Å². The number of hydrogen-bond donors (Lipinski definition) is 4. The highest BCUT2D eigenvalue weighted by Gasteiger charge is 2.50. The molecule has 11 heteroatoms. The Morgan fingerprint density at radius 2 is 1.82 bits per heavy atom. The van der Waals surface area contributed by atoms with Gasteiger partial charge < -0.3 is 43.9 Å². The summed E-state index contributed by atoms with van der Waals surface area (Å²) in [6.07, 6.45) is -4.72. The molecule has 0 bridgehead atoms. The predicted molar refractivity (Wildman–Crippen MR) is 142 cm³/mol. The van der Waals surface area contributed by atoms with Gasteiger partial charge in [-0.05, 0) is 39.0 Å². The van der Waals surface area contributed by atoms with E-state index in [1.165, 1.54) is 20.3 Å². The third-order valence-corrected chi connectivity index (χ3v) is 6.97. The van der Waals surface area contributed by atoms with Gasteiger partial charge in [0.2, 0.25) is 6.29 Å². The summed E-state index contributed by atoms with van der Waals surface area (Å²) in [6, 6.07) is 12.1. The lowest BCUT2D eigenvalue weighted by Gasteiger charge is -2.46. The zero-order valence-corrected chi connectivity index (χ0v) is 22.1. The molecular weight excluding hydrogens is 508 g/mol. The number of aromatic nitrogens is 1. The van der Waals surface area contributed by atoms with E-state index in [1.54, 1.807) is 32.9 Å². The molecule has 4 atom stereocenters. The third kappa shape index (κ3) is 4.74. The van der Waals surface area contributed by atoms with E-state index < -0.39 is 41.7 Å². The molecule has 4 aromatic rings. The van der Waals surface area contributed by atoms with Crippen LogP contribution in [0, 0.1) is 6.92 Å². The number of methoxy groups -OCH3 is 2. The summed E-state index contributed by atoms with van der Waals surface area (Å²) in [6.45, 7) is 5.09. The van der Waals surface area contributed by atoms with Gasteiger partial charge in [0.05, 0.1) is 18.1 Å². The molecule has 39 heavy (non-hydrogen) atoms. The largest absolute Gasteiger partial charge is 0.496 e. The van der Waals surface area contributed by atoms with Gasteiger partial charge in [-0.25, -0.2) is 4.79 Å². The number of nitrogens with one attached hydrogen (secondary N) is 2. The number of aliphatic hydroxyl groups is 2. The van der Waals surface area contributed by atoms with Gasteiger partial charge in [-0.1, -0.05) is 18.2 Å². The second-order valence-electron chi connectivity index (χ2n) is 9.96. The molecule has 206 valence electrons. The van der Waals surface area contributed by atoms with Crippen molar-refractivity contribution < 1.29 is 38.4 Å². The van der Waals surface area contributed by atoms with Crippen LogP contribution in [-0.2, 0) is 9.47 Å². The summed E-state index contributed by atoms with van der Waals surface area (Å²) in [4.78, 5) is 28.8. The number of ether oxygens (including phenoxy) is 4. The normalized spacial score (nSPS) is 22.6. The molecule has 1 aliphatic heterocycles. The molecule has 1 fully saturated rings. The van der Waals surface area contributed by atoms with Crippen LogP contribution in [0.4, 0.5) is 5.69 Å². The van der Waals surface area contributed by atoms with Crippen LogP contribution in [0.5, 0.6) is 11.5 Å². The maximum Gasteiger partial charge on any atom is 0.360 e. The highest BCUT2D eigenvalue weighted by molar-refractivity contribution is 6.06. The topological polar surface area (TPSA) is 152 Å². The second-order valence-corrected chi connectivity index (χ2v) is 9.96. The first kappa shape index (κ1) is 26.7. The fourth-order valence-corrected chi connectivity index (χ4v) is 4.94. The van der Waals surface area contributed by atoms with Crippen LogP contribution in [0.2, 0.25) is 0 Å². The quantitative estimate of drug-likeness (QED) is 0.271. The summed E-state index contributed by atoms with van der Waals surface area (Å²) >= 11 is 0. The maximum atomic E-state index is 12.9. The Hall–Kier alpha value is -3.90. The lowest BCUT2D eigenvalue weighted by Crippen LogP contribution is -2.63. The van der Waals surface area contributed by atoms with Crippen molar-refractivity contribution in [1.29, 1.82) is 0 Å². The molecule has 1 aliphatic rings. The maximum absolute atomic E-state index is 12.9. The highest BCUT2D eigenvalue weighted by atomic mass is 16.7. The van der Waals surface area contributed by atoms with E-state index in [0.717, 1.165) is 10.9 Å². The number of benzene rings is 2. The zero-order chi connectivity index (χ0) is 28.1. The monoisotopic (exact) mass is 538 g/mol. The van der Waals surface area contributed by atoms with E-state index in [0.29, 0.717) is 10.9 Å². The molecule has 1 saturated heterocycles. The Labute approximate surface area is 223 Å². The number of hydrogen-bond acceptors (Lipinski definition) is 9. The number of aromatic amines is 1. The van der Waals surface area contributed by atoms with Gasteiger partial charge in [0.1, 0.15) is 46.8 Å². The minimum atomic E-state index is -1.42. The van der Waals surface area contributed by atoms with Crippen molar-refractivity contribution in [3.63, 3.8) is 0 Å². The Kier molecular flexibility index (Phi) is 6.85. The molecule has 0 radical (unpaired) electrons. The van der Waals surface area contributed by atoms with Crippen molar-refractivity contribution in [1.82, 2.24) is 4.98 Å². The van der Waals surface area contributed by atoms with Crippen LogP contribution in [-0.4, -0.2) is 65.5 Å². The van der Waals surface area contributed by atoms with Gasteiger partial charge >= 0.3 is 5.63 Å². The predicted octanol–water partition coefficient (Wildman–Crippen LogP) is 3.09. The van der Waals surface area contributed by atoms with Crippen molar-refractivity contribution in [2.75, 3.05) is 19.5 Å². The molecular formula is C28H30N2O9. The Morgan fingerprint density at radius 3 is 2.51 bits per heavy atom. The minimum Gasteiger partial charge on any atom is -0.496 e. The van der Waals surface area contributed by atoms with Crippen molar-refractivity contribution >= 4 is 33.5 Å². The molecule has 3 heterocycles. The number of fused-ring (bicyclic) bond motifs is 2. The van der Waals surface area contributed by atoms with Gasteiger partial charge in [0.15, 0.2) is 0 Å². The number of carbonyl (C=O) groups is 1. The van der Waals surface area contributed by atoms with Gasteiger partial charge in [0, 0.05) is 29.6 Å². The molecule has 0 spiro atoms. The van der Waals surface area contributed by atoms with E-state index in [4.69, 9.17) is 23.4 Å². The van der Waals surface area contributed by atoms with E-state index in [1.807, 2.05) is 24.3 Å². The second kappa shape index (κ2) is 10.0. The number of H-pyrrole nitrogens is 1. The first-order chi connectivity index (χ1) is 18.5. The summed E-state index contributed by atoms with van der Waals surface area (Å²) in [5.74, 6) is -0.0110. The van der Waals surface area contributed by atoms with Crippen molar-refractivity contribution in [3.8, 4) is 11.5 Å². The van der Waals surface area contributed by atoms with Gasteiger partial charge in [-0.2, -0.15) is 0 Å². The average Bonchev–Trinajstić information content (AvgIpc) is 3.34. The van der Waals surface area contributed by atoms with Gasteiger partial charge in [-0.15, -0.1) is 0 Å². The Balaban J connectivity index is 1.47. The zero-order valence-electron chi connectivity index (χ0n) is 22.1. The van der Waals surface area contributed by atoms with Crippen LogP contribution in [0.25, 0.3) is 21.9 Å². The SMILES string of the molecule is COc1cc(O[C@@H]2OC(C)(C)[C@H](OC)[C@@H](O)[C@H]2O)c(C)c2oc(=O)c(NC(=O)c3cc4ccccc4[nH]3)cc12. The molecule has 0 unspecified atom stereocenters. The summed E-state index contributed by atoms with van der Waals surface area (Å²) in [5.41, 5.74) is -0.154. The van der Waals surface area contributed by atoms with Crippen molar-refractivity contribution in [3.05, 3.63) is 64.1 Å². The Bertz CT molecular complexity index is 1570. The fraction of sp³-hybridized carbons (Fsp3) is 0.357. The lowest BCUT2D eigenvalue weighted by atomic mass is 9.89. The minimum absolute atomic E-state index is 0.0703. The summed E-state index contributed by atoms with van der Waals surface area (Å²) in [5, 5.41) is 25.1. The van der Waals surface area contributed by atoms with E-state index in [-0.39, 0.29) is 28.5 Å². The first-order valence-corrected chi connectivity index (χ1v) is 12.3. The smallest absolute Gasteiger partial charge is 0.360 e. The number of aryl methyl sites for hydroxylation is 1. The molecule has 1 amide bonds. The standard InChI is InChI=1S/C28H30N2O9/c1-13-19(37-27-22(32)21(31)24(36-5)28(2,3)39-27)12-20(35-4)15-11-18(26(34)38-23(13)15)30-25(33)17-10-14-8-6-7-9-16(14)29-17/h6-12,21-22,24,27,29,31-32H,1-5H3,(H,30,33)/t21-,22+,24+,27+/m0/s1. The molecule has 5 rings (SSSR count). The van der Waals surface area contributed by atoms with Crippen LogP contribution in [0.15, 0.2) is 51.7 Å². The van der Waals surface area contributed by atoms with Crippen LogP contribution < -0.4 is 20.4 Å². The Morgan fingerprint density at radius 1 is 1.08 bits per heavy atom. The van der Waals surface area contributed by atoms with Crippen molar-refractivity contribution in [2.45, 2.75) is 51.0 Å². The molecule has 2 aromatic heterocycles. The summed E-state index contributed by atoms with van der Waals surface area (Å²) in [7, 11) is 2.86. The van der Waals surface area contributed by atoms with Crippen LogP contribution in [0.1, 0.15) is 29.9 Å². The highest BCUT2D eigenvalue weighted by Crippen LogP contribution is 2.39. The number of para-hydroxylation sites is 1. The van der Waals surface area contributed by atoms with Crippen LogP contribution in [0.3, 0.4) is 0 Å². The molecule has 4 N–H and O–H groups in total. The fourth-order valence-electron chi connectivity index (χ4n) is 4.94. The van der Waals surface area contributed by atoms with E-state index in [2.05, 4.69) is 10.3 Å². The van der Waals surface area contributed by atoms with E-state index >= 15 is 0 Å². The number of anilines is 1. The average molecular weight is 539 g/mol. The molecule has 11 nitrogen and oxygen atoms in total. The van der Waals surface area contributed by atoms with Crippen molar-refractivity contribution in [2.24, 2.45) is 0 Å².